The molecule has 0 saturated carbocycles. The van der Waals surface area contributed by atoms with Crippen LogP contribution in [0.3, 0.4) is 0 Å². The second-order valence-corrected chi connectivity index (χ2v) is 8.37. The van der Waals surface area contributed by atoms with Crippen molar-refractivity contribution in [2.75, 3.05) is 19.0 Å². The number of H-pyrrole nitrogens is 1. The zero-order valence-electron chi connectivity index (χ0n) is 18.8. The molecule has 194 valence electrons. The van der Waals surface area contributed by atoms with Gasteiger partial charge >= 0.3 is 12.4 Å². The average molecular weight is 534 g/mol. The van der Waals surface area contributed by atoms with E-state index in [9.17, 15) is 31.1 Å². The van der Waals surface area contributed by atoms with Gasteiger partial charge in [0.1, 0.15) is 27.9 Å². The standard InChI is InChI=1S/C22H20F6N4O3S/c1-11(10-34-2)30-18(29)17-19(33)32-36-20(17)31-14-3-5-15(6-4-14)35-16-8-12(21(23,24)25)7-13(9-16)22(26,27)28/h3-9,11,31H,10H2,1-2H3,(H2,29,30)(H,32,33). The monoisotopic (exact) mass is 534 g/mol. The van der Waals surface area contributed by atoms with Crippen LogP contribution in [0.1, 0.15) is 23.6 Å². The number of aliphatic imine (C=N–C) groups is 1. The van der Waals surface area contributed by atoms with Crippen LogP contribution in [0.5, 0.6) is 11.5 Å². The van der Waals surface area contributed by atoms with Crippen LogP contribution in [-0.4, -0.2) is 30.0 Å². The molecular formula is C22H20F6N4O3S. The highest BCUT2D eigenvalue weighted by Crippen LogP contribution is 2.39. The van der Waals surface area contributed by atoms with Gasteiger partial charge in [-0.25, -0.2) is 0 Å². The highest BCUT2D eigenvalue weighted by atomic mass is 32.1. The Kier molecular flexibility index (Phi) is 7.99. The Morgan fingerprint density at radius 1 is 1.06 bits per heavy atom. The Morgan fingerprint density at radius 3 is 2.17 bits per heavy atom. The van der Waals surface area contributed by atoms with Gasteiger partial charge in [0.2, 0.25) is 0 Å². The minimum Gasteiger partial charge on any atom is -0.457 e. The topological polar surface area (TPSA) is 102 Å². The summed E-state index contributed by atoms with van der Waals surface area (Å²) in [5.41, 5.74) is 3.11. The molecule has 3 aromatic rings. The second-order valence-electron chi connectivity index (χ2n) is 7.55. The van der Waals surface area contributed by atoms with Gasteiger partial charge in [-0.2, -0.15) is 26.3 Å². The molecule has 0 radical (unpaired) electrons. The number of nitrogens with two attached hydrogens (primary N) is 1. The van der Waals surface area contributed by atoms with Gasteiger partial charge in [-0.05, 0) is 60.9 Å². The molecule has 0 amide bonds. The molecule has 0 saturated heterocycles. The summed E-state index contributed by atoms with van der Waals surface area (Å²) in [6, 6.07) is 6.28. The first-order valence-electron chi connectivity index (χ1n) is 10.2. The minimum absolute atomic E-state index is 0.00508. The number of ether oxygens (including phenoxy) is 2. The number of alkyl halides is 6. The largest absolute Gasteiger partial charge is 0.457 e. The van der Waals surface area contributed by atoms with Gasteiger partial charge in [0, 0.05) is 12.8 Å². The molecule has 0 fully saturated rings. The van der Waals surface area contributed by atoms with Crippen molar-refractivity contribution in [2.24, 2.45) is 10.7 Å². The third kappa shape index (κ3) is 6.79. The predicted molar refractivity (Wildman–Crippen MR) is 123 cm³/mol. The fourth-order valence-electron chi connectivity index (χ4n) is 3.06. The van der Waals surface area contributed by atoms with Gasteiger partial charge in [-0.3, -0.25) is 14.2 Å². The van der Waals surface area contributed by atoms with Crippen molar-refractivity contribution in [3.05, 3.63) is 69.5 Å². The number of amidine groups is 1. The fourth-order valence-corrected chi connectivity index (χ4v) is 3.83. The Balaban J connectivity index is 1.82. The second kappa shape index (κ2) is 10.6. The molecule has 1 atom stereocenters. The Labute approximate surface area is 204 Å². The minimum atomic E-state index is -4.99. The van der Waals surface area contributed by atoms with E-state index in [-0.39, 0.29) is 29.3 Å². The van der Waals surface area contributed by atoms with Gasteiger partial charge in [0.25, 0.3) is 5.56 Å². The van der Waals surface area contributed by atoms with Crippen LogP contribution in [0, 0.1) is 0 Å². The third-order valence-corrected chi connectivity index (χ3v) is 5.43. The third-order valence-electron chi connectivity index (χ3n) is 4.63. The van der Waals surface area contributed by atoms with Crippen LogP contribution in [0.4, 0.5) is 37.0 Å². The quantitative estimate of drug-likeness (QED) is 0.194. The lowest BCUT2D eigenvalue weighted by atomic mass is 10.1. The van der Waals surface area contributed by atoms with E-state index < -0.39 is 34.8 Å². The first kappa shape index (κ1) is 27.1. The Bertz CT molecular complexity index is 1250. The molecule has 1 unspecified atom stereocenters. The van der Waals surface area contributed by atoms with Crippen molar-refractivity contribution in [3.8, 4) is 11.5 Å². The number of aromatic amines is 1. The van der Waals surface area contributed by atoms with Crippen molar-refractivity contribution in [1.82, 2.24) is 4.37 Å². The smallest absolute Gasteiger partial charge is 0.416 e. The number of nitrogens with zero attached hydrogens (tertiary/aromatic N) is 1. The van der Waals surface area contributed by atoms with E-state index in [2.05, 4.69) is 14.7 Å². The number of hydrogen-bond acceptors (Lipinski definition) is 6. The van der Waals surface area contributed by atoms with Crippen LogP contribution >= 0.6 is 11.5 Å². The zero-order chi connectivity index (χ0) is 26.7. The van der Waals surface area contributed by atoms with Gasteiger partial charge in [0.15, 0.2) is 0 Å². The molecule has 14 heteroatoms. The number of nitrogens with one attached hydrogen (secondary N) is 2. The van der Waals surface area contributed by atoms with E-state index in [1.807, 2.05) is 0 Å². The Hall–Kier alpha value is -3.52. The molecule has 3 rings (SSSR count). The number of benzene rings is 2. The van der Waals surface area contributed by atoms with Gasteiger partial charge in [-0.1, -0.05) is 0 Å². The van der Waals surface area contributed by atoms with E-state index in [4.69, 9.17) is 15.2 Å². The summed E-state index contributed by atoms with van der Waals surface area (Å²) in [6.07, 6.45) is -9.98. The van der Waals surface area contributed by atoms with E-state index in [0.717, 1.165) is 11.5 Å². The summed E-state index contributed by atoms with van der Waals surface area (Å²) in [4.78, 5) is 16.4. The number of halogens is 6. The highest BCUT2D eigenvalue weighted by molar-refractivity contribution is 7.10. The first-order chi connectivity index (χ1) is 16.8. The molecule has 1 heterocycles. The van der Waals surface area contributed by atoms with Crippen molar-refractivity contribution in [1.29, 1.82) is 0 Å². The number of methoxy groups -OCH3 is 1. The molecule has 0 bridgehead atoms. The lowest BCUT2D eigenvalue weighted by Crippen LogP contribution is -2.25. The Morgan fingerprint density at radius 2 is 1.64 bits per heavy atom. The molecule has 0 spiro atoms. The summed E-state index contributed by atoms with van der Waals surface area (Å²) in [5, 5.41) is 3.32. The number of anilines is 2. The van der Waals surface area contributed by atoms with Crippen LogP contribution < -0.4 is 21.3 Å². The number of hydrogen-bond donors (Lipinski definition) is 3. The zero-order valence-corrected chi connectivity index (χ0v) is 19.6. The van der Waals surface area contributed by atoms with Crippen molar-refractivity contribution in [2.45, 2.75) is 25.3 Å². The lowest BCUT2D eigenvalue weighted by Gasteiger charge is -2.15. The van der Waals surface area contributed by atoms with Crippen LogP contribution in [0.15, 0.2) is 52.3 Å². The van der Waals surface area contributed by atoms with Gasteiger partial charge in [-0.15, -0.1) is 0 Å². The maximum absolute atomic E-state index is 13.1. The summed E-state index contributed by atoms with van der Waals surface area (Å²) in [6.45, 7) is 2.05. The highest BCUT2D eigenvalue weighted by Gasteiger charge is 2.37. The van der Waals surface area contributed by atoms with E-state index in [0.29, 0.717) is 29.4 Å². The average Bonchev–Trinajstić information content (AvgIpc) is 3.13. The molecule has 2 aromatic carbocycles. The molecule has 4 N–H and O–H groups in total. The lowest BCUT2D eigenvalue weighted by molar-refractivity contribution is -0.143. The van der Waals surface area contributed by atoms with Crippen molar-refractivity contribution < 1.29 is 35.8 Å². The normalized spacial score (nSPS) is 13.5. The van der Waals surface area contributed by atoms with Crippen LogP contribution in [0.2, 0.25) is 0 Å². The van der Waals surface area contributed by atoms with Crippen molar-refractivity contribution >= 4 is 28.1 Å². The summed E-state index contributed by atoms with van der Waals surface area (Å²) in [7, 11) is 1.50. The summed E-state index contributed by atoms with van der Waals surface area (Å²) in [5.74, 6) is -0.641. The summed E-state index contributed by atoms with van der Waals surface area (Å²) < 4.78 is 91.1. The number of rotatable bonds is 8. The molecule has 0 aliphatic carbocycles. The van der Waals surface area contributed by atoms with E-state index >= 15 is 0 Å². The van der Waals surface area contributed by atoms with E-state index in [1.54, 1.807) is 6.92 Å². The molecule has 0 aliphatic heterocycles. The maximum Gasteiger partial charge on any atom is 0.416 e. The fraction of sp³-hybridized carbons (Fsp3) is 0.273. The molecular weight excluding hydrogens is 514 g/mol. The SMILES string of the molecule is COCC(C)N=C(N)c1c(Nc2ccc(Oc3cc(C(F)(F)F)cc(C(F)(F)F)c3)cc2)s[nH]c1=O. The molecule has 7 nitrogen and oxygen atoms in total. The van der Waals surface area contributed by atoms with E-state index in [1.165, 1.54) is 31.4 Å². The van der Waals surface area contributed by atoms with Gasteiger partial charge in [0.05, 0.1) is 23.8 Å². The molecule has 0 aliphatic rings. The number of aromatic nitrogens is 1. The molecule has 1 aromatic heterocycles. The van der Waals surface area contributed by atoms with Crippen LogP contribution in [-0.2, 0) is 17.1 Å². The predicted octanol–water partition coefficient (Wildman–Crippen LogP) is 5.75. The first-order valence-corrected chi connectivity index (χ1v) is 11.0. The van der Waals surface area contributed by atoms with Gasteiger partial charge < -0.3 is 20.5 Å². The van der Waals surface area contributed by atoms with Crippen molar-refractivity contribution in [3.63, 3.8) is 0 Å². The van der Waals surface area contributed by atoms with Crippen LogP contribution in [0.25, 0.3) is 0 Å². The summed E-state index contributed by atoms with van der Waals surface area (Å²) >= 11 is 0.969. The molecule has 36 heavy (non-hydrogen) atoms. The maximum atomic E-state index is 13.1.